The van der Waals surface area contributed by atoms with E-state index in [1.807, 2.05) is 0 Å². The van der Waals surface area contributed by atoms with Crippen LogP contribution in [0, 0.1) is 11.6 Å². The number of sulfonamides is 1. The van der Waals surface area contributed by atoms with Gasteiger partial charge in [-0.1, -0.05) is 0 Å². The molecular weight excluding hydrogens is 350 g/mol. The molecule has 1 aromatic carbocycles. The van der Waals surface area contributed by atoms with E-state index < -0.39 is 32.5 Å². The molecule has 10 heteroatoms. The Morgan fingerprint density at radius 3 is 2.78 bits per heavy atom. The minimum atomic E-state index is -4.25. The van der Waals surface area contributed by atoms with Gasteiger partial charge in [-0.05, 0) is 19.1 Å². The number of hydrogen-bond acceptors (Lipinski definition) is 6. The van der Waals surface area contributed by atoms with Gasteiger partial charge in [0.25, 0.3) is 10.0 Å². The molecule has 124 valence electrons. The summed E-state index contributed by atoms with van der Waals surface area (Å²) < 4.78 is 57.4. The topological polar surface area (TPSA) is 85.4 Å². The molecule has 2 rings (SSSR count). The lowest BCUT2D eigenvalue weighted by molar-refractivity contribution is -0.142. The highest BCUT2D eigenvalue weighted by molar-refractivity contribution is 7.93. The fourth-order valence-corrected chi connectivity index (χ4v) is 3.75. The Bertz CT molecular complexity index is 821. The van der Waals surface area contributed by atoms with Gasteiger partial charge in [0.15, 0.2) is 5.13 Å². The van der Waals surface area contributed by atoms with Gasteiger partial charge in [0, 0.05) is 17.1 Å². The smallest absolute Gasteiger partial charge is 0.311 e. The molecule has 0 aliphatic rings. The number of aromatic nitrogens is 1. The minimum absolute atomic E-state index is 0.0342. The lowest BCUT2D eigenvalue weighted by Crippen LogP contribution is -2.14. The molecule has 0 spiro atoms. The van der Waals surface area contributed by atoms with E-state index in [-0.39, 0.29) is 18.2 Å². The van der Waals surface area contributed by atoms with Crippen LogP contribution in [0.25, 0.3) is 0 Å². The molecule has 0 fully saturated rings. The van der Waals surface area contributed by atoms with E-state index in [9.17, 15) is 22.0 Å². The first-order chi connectivity index (χ1) is 10.8. The number of nitrogens with one attached hydrogen (secondary N) is 1. The van der Waals surface area contributed by atoms with Gasteiger partial charge in [0.1, 0.15) is 16.5 Å². The lowest BCUT2D eigenvalue weighted by Gasteiger charge is -2.06. The van der Waals surface area contributed by atoms with Gasteiger partial charge in [0.2, 0.25) is 0 Å². The highest BCUT2D eigenvalue weighted by Gasteiger charge is 2.21. The SMILES string of the molecule is CCOC(=O)Cc1cnc(NS(=O)(=O)c2ccc(F)cc2F)s1. The Balaban J connectivity index is 2.15. The van der Waals surface area contributed by atoms with Crippen molar-refractivity contribution in [2.24, 2.45) is 0 Å². The van der Waals surface area contributed by atoms with E-state index in [1.54, 1.807) is 6.92 Å². The average molecular weight is 362 g/mol. The van der Waals surface area contributed by atoms with Crippen LogP contribution in [0.4, 0.5) is 13.9 Å². The first-order valence-electron chi connectivity index (χ1n) is 6.40. The minimum Gasteiger partial charge on any atom is -0.466 e. The van der Waals surface area contributed by atoms with Crippen LogP contribution < -0.4 is 4.72 Å². The van der Waals surface area contributed by atoms with Crippen molar-refractivity contribution in [2.45, 2.75) is 18.2 Å². The van der Waals surface area contributed by atoms with E-state index >= 15 is 0 Å². The van der Waals surface area contributed by atoms with Gasteiger partial charge in [-0.3, -0.25) is 9.52 Å². The molecule has 0 saturated heterocycles. The van der Waals surface area contributed by atoms with Crippen LogP contribution in [0.3, 0.4) is 0 Å². The Morgan fingerprint density at radius 2 is 2.13 bits per heavy atom. The summed E-state index contributed by atoms with van der Waals surface area (Å²) in [6.07, 6.45) is 1.28. The highest BCUT2D eigenvalue weighted by Crippen LogP contribution is 2.24. The molecule has 1 N–H and O–H groups in total. The van der Waals surface area contributed by atoms with Crippen molar-refractivity contribution >= 4 is 32.5 Å². The van der Waals surface area contributed by atoms with E-state index in [4.69, 9.17) is 4.74 Å². The number of carbonyl (C=O) groups is 1. The quantitative estimate of drug-likeness (QED) is 0.797. The Hall–Kier alpha value is -2.07. The summed E-state index contributed by atoms with van der Waals surface area (Å²) in [6, 6.07) is 2.13. The molecule has 6 nitrogen and oxygen atoms in total. The van der Waals surface area contributed by atoms with E-state index in [0.717, 1.165) is 23.5 Å². The number of anilines is 1. The molecule has 1 aromatic heterocycles. The van der Waals surface area contributed by atoms with Crippen molar-refractivity contribution in [2.75, 3.05) is 11.3 Å². The highest BCUT2D eigenvalue weighted by atomic mass is 32.2. The van der Waals surface area contributed by atoms with Gasteiger partial charge in [-0.2, -0.15) is 0 Å². The summed E-state index contributed by atoms with van der Waals surface area (Å²) in [5.41, 5.74) is 0. The normalized spacial score (nSPS) is 11.3. The standard InChI is InChI=1S/C13H12F2N2O4S2/c1-2-21-12(18)6-9-7-16-13(22-9)17-23(19,20)11-4-3-8(14)5-10(11)15/h3-5,7H,2,6H2,1H3,(H,16,17). The zero-order chi connectivity index (χ0) is 17.0. The van der Waals surface area contributed by atoms with Crippen LogP contribution in [0.2, 0.25) is 0 Å². The van der Waals surface area contributed by atoms with Gasteiger partial charge in [-0.25, -0.2) is 22.2 Å². The van der Waals surface area contributed by atoms with Crippen molar-refractivity contribution in [1.29, 1.82) is 0 Å². The number of halogens is 2. The summed E-state index contributed by atoms with van der Waals surface area (Å²) in [5.74, 6) is -2.55. The van der Waals surface area contributed by atoms with Gasteiger partial charge >= 0.3 is 5.97 Å². The first kappa shape index (κ1) is 17.3. The largest absolute Gasteiger partial charge is 0.466 e. The zero-order valence-corrected chi connectivity index (χ0v) is 13.5. The predicted octanol–water partition coefficient (Wildman–Crippen LogP) is 2.33. The molecule has 0 saturated carbocycles. The molecule has 0 bridgehead atoms. The Kier molecular flexibility index (Phi) is 5.26. The molecule has 0 aliphatic heterocycles. The maximum Gasteiger partial charge on any atom is 0.311 e. The van der Waals surface area contributed by atoms with Crippen molar-refractivity contribution in [1.82, 2.24) is 4.98 Å². The van der Waals surface area contributed by atoms with Crippen molar-refractivity contribution in [3.05, 3.63) is 40.9 Å². The number of ether oxygens (including phenoxy) is 1. The molecule has 0 unspecified atom stereocenters. The van der Waals surface area contributed by atoms with Crippen molar-refractivity contribution in [3.8, 4) is 0 Å². The third-order valence-corrected chi connectivity index (χ3v) is 5.00. The Morgan fingerprint density at radius 1 is 1.39 bits per heavy atom. The van der Waals surface area contributed by atoms with Crippen LogP contribution in [-0.4, -0.2) is 26.0 Å². The van der Waals surface area contributed by atoms with Crippen LogP contribution in [-0.2, 0) is 26.0 Å². The van der Waals surface area contributed by atoms with E-state index in [1.165, 1.54) is 6.20 Å². The van der Waals surface area contributed by atoms with Crippen LogP contribution in [0.5, 0.6) is 0 Å². The number of thiazole rings is 1. The van der Waals surface area contributed by atoms with Crippen molar-refractivity contribution in [3.63, 3.8) is 0 Å². The van der Waals surface area contributed by atoms with Crippen molar-refractivity contribution < 1.29 is 26.7 Å². The molecule has 0 aliphatic carbocycles. The fourth-order valence-electron chi connectivity index (χ4n) is 1.65. The number of nitrogens with zero attached hydrogens (tertiary/aromatic N) is 1. The Labute approximate surface area is 135 Å². The van der Waals surface area contributed by atoms with Gasteiger partial charge < -0.3 is 4.74 Å². The van der Waals surface area contributed by atoms with Crippen LogP contribution in [0.15, 0.2) is 29.3 Å². The lowest BCUT2D eigenvalue weighted by atomic mass is 10.3. The number of rotatable bonds is 6. The second kappa shape index (κ2) is 7.01. The summed E-state index contributed by atoms with van der Waals surface area (Å²) in [7, 11) is -4.25. The zero-order valence-electron chi connectivity index (χ0n) is 11.9. The number of benzene rings is 1. The average Bonchev–Trinajstić information content (AvgIpc) is 2.84. The second-order valence-electron chi connectivity index (χ2n) is 4.29. The second-order valence-corrected chi connectivity index (χ2v) is 7.06. The first-order valence-corrected chi connectivity index (χ1v) is 8.70. The van der Waals surface area contributed by atoms with Gasteiger partial charge in [0.05, 0.1) is 13.0 Å². The van der Waals surface area contributed by atoms with Gasteiger partial charge in [-0.15, -0.1) is 11.3 Å². The van der Waals surface area contributed by atoms with Crippen LogP contribution >= 0.6 is 11.3 Å². The van der Waals surface area contributed by atoms with E-state index in [2.05, 4.69) is 9.71 Å². The fraction of sp³-hybridized carbons (Fsp3) is 0.231. The monoisotopic (exact) mass is 362 g/mol. The maximum absolute atomic E-state index is 13.6. The predicted molar refractivity (Wildman–Crippen MR) is 79.6 cm³/mol. The molecule has 0 atom stereocenters. The summed E-state index contributed by atoms with van der Waals surface area (Å²) in [4.78, 5) is 14.9. The molecule has 2 aromatic rings. The summed E-state index contributed by atoms with van der Waals surface area (Å²) >= 11 is 0.919. The molecule has 0 amide bonds. The molecular formula is C13H12F2N2O4S2. The summed E-state index contributed by atoms with van der Waals surface area (Å²) in [6.45, 7) is 1.91. The number of carbonyl (C=O) groups excluding carboxylic acids is 1. The molecule has 0 radical (unpaired) electrons. The number of hydrogen-bond donors (Lipinski definition) is 1. The van der Waals surface area contributed by atoms with E-state index in [0.29, 0.717) is 10.9 Å². The summed E-state index contributed by atoms with van der Waals surface area (Å²) in [5, 5.41) is -0.0342. The number of esters is 1. The third kappa shape index (κ3) is 4.45. The molecule has 23 heavy (non-hydrogen) atoms. The van der Waals surface area contributed by atoms with Crippen LogP contribution in [0.1, 0.15) is 11.8 Å². The maximum atomic E-state index is 13.6. The molecule has 1 heterocycles. The third-order valence-electron chi connectivity index (χ3n) is 2.58.